The minimum atomic E-state index is -0.317. The number of fused-ring (bicyclic) bond motifs is 1. The lowest BCUT2D eigenvalue weighted by Crippen LogP contribution is -2.12. The van der Waals surface area contributed by atoms with Crippen LogP contribution in [0.3, 0.4) is 0 Å². The standard InChI is InChI=1S/C7H7N5O/c1-3-10-6-5(7(13)11-3)12-4(8)2-9-6/h2H,1H3,(H2,8,12)(H,9,10,11,13). The summed E-state index contributed by atoms with van der Waals surface area (Å²) < 4.78 is 0. The number of H-pyrrole nitrogens is 1. The summed E-state index contributed by atoms with van der Waals surface area (Å²) in [5, 5.41) is 0. The molecular weight excluding hydrogens is 170 g/mol. The molecule has 0 saturated heterocycles. The zero-order valence-corrected chi connectivity index (χ0v) is 6.90. The smallest absolute Gasteiger partial charge is 0.279 e. The van der Waals surface area contributed by atoms with Gasteiger partial charge in [-0.25, -0.2) is 15.0 Å². The molecule has 2 rings (SSSR count). The number of anilines is 1. The third-order valence-electron chi connectivity index (χ3n) is 1.55. The molecule has 2 aromatic heterocycles. The first-order chi connectivity index (χ1) is 6.16. The predicted octanol–water partition coefficient (Wildman–Crippen LogP) is -0.396. The van der Waals surface area contributed by atoms with Gasteiger partial charge in [0.2, 0.25) is 0 Å². The highest BCUT2D eigenvalue weighted by Gasteiger charge is 2.03. The van der Waals surface area contributed by atoms with E-state index >= 15 is 0 Å². The van der Waals surface area contributed by atoms with E-state index in [0.29, 0.717) is 11.5 Å². The van der Waals surface area contributed by atoms with Gasteiger partial charge in [0, 0.05) is 0 Å². The van der Waals surface area contributed by atoms with Crippen LogP contribution in [0.5, 0.6) is 0 Å². The second-order valence-electron chi connectivity index (χ2n) is 2.62. The number of nitrogens with one attached hydrogen (secondary N) is 1. The highest BCUT2D eigenvalue weighted by molar-refractivity contribution is 5.69. The van der Waals surface area contributed by atoms with E-state index in [-0.39, 0.29) is 16.9 Å². The lowest BCUT2D eigenvalue weighted by molar-refractivity contribution is 1.03. The fourth-order valence-electron chi connectivity index (χ4n) is 1.04. The highest BCUT2D eigenvalue weighted by Crippen LogP contribution is 2.01. The molecule has 0 radical (unpaired) electrons. The van der Waals surface area contributed by atoms with E-state index in [1.165, 1.54) is 6.20 Å². The van der Waals surface area contributed by atoms with Crippen molar-refractivity contribution < 1.29 is 0 Å². The largest absolute Gasteiger partial charge is 0.382 e. The molecule has 2 aromatic rings. The first-order valence-electron chi connectivity index (χ1n) is 3.66. The Morgan fingerprint density at radius 3 is 3.00 bits per heavy atom. The Morgan fingerprint density at radius 2 is 2.23 bits per heavy atom. The molecule has 0 fully saturated rings. The van der Waals surface area contributed by atoms with Crippen LogP contribution in [0.15, 0.2) is 11.0 Å². The molecule has 0 atom stereocenters. The van der Waals surface area contributed by atoms with Gasteiger partial charge >= 0.3 is 0 Å². The molecule has 0 spiro atoms. The summed E-state index contributed by atoms with van der Waals surface area (Å²) in [6, 6.07) is 0. The van der Waals surface area contributed by atoms with E-state index in [4.69, 9.17) is 5.73 Å². The molecule has 6 nitrogen and oxygen atoms in total. The number of rotatable bonds is 0. The lowest BCUT2D eigenvalue weighted by Gasteiger charge is -1.96. The Morgan fingerprint density at radius 1 is 1.46 bits per heavy atom. The molecule has 0 aromatic carbocycles. The number of nitrogen functional groups attached to an aromatic ring is 1. The summed E-state index contributed by atoms with van der Waals surface area (Å²) >= 11 is 0. The molecule has 13 heavy (non-hydrogen) atoms. The van der Waals surface area contributed by atoms with E-state index < -0.39 is 0 Å². The lowest BCUT2D eigenvalue weighted by atomic mass is 10.5. The van der Waals surface area contributed by atoms with Crippen molar-refractivity contribution in [3.8, 4) is 0 Å². The van der Waals surface area contributed by atoms with Crippen molar-refractivity contribution in [3.63, 3.8) is 0 Å². The van der Waals surface area contributed by atoms with Gasteiger partial charge in [-0.05, 0) is 6.92 Å². The Hall–Kier alpha value is -1.98. The number of hydrogen-bond donors (Lipinski definition) is 2. The Kier molecular flexibility index (Phi) is 1.48. The predicted molar refractivity (Wildman–Crippen MR) is 47.1 cm³/mol. The average molecular weight is 177 g/mol. The third-order valence-corrected chi connectivity index (χ3v) is 1.55. The minimum absolute atomic E-state index is 0.172. The van der Waals surface area contributed by atoms with Crippen LogP contribution in [0, 0.1) is 6.92 Å². The van der Waals surface area contributed by atoms with Crippen LogP contribution >= 0.6 is 0 Å². The zero-order chi connectivity index (χ0) is 9.42. The van der Waals surface area contributed by atoms with Gasteiger partial charge in [-0.2, -0.15) is 0 Å². The highest BCUT2D eigenvalue weighted by atomic mass is 16.1. The second kappa shape index (κ2) is 2.51. The van der Waals surface area contributed by atoms with Crippen LogP contribution in [-0.2, 0) is 0 Å². The maximum atomic E-state index is 11.3. The summed E-state index contributed by atoms with van der Waals surface area (Å²) in [6.07, 6.45) is 1.37. The number of aryl methyl sites for hydroxylation is 1. The molecular formula is C7H7N5O. The number of nitrogens with two attached hydrogens (primary N) is 1. The van der Waals surface area contributed by atoms with Gasteiger partial charge in [-0.15, -0.1) is 0 Å². The first kappa shape index (κ1) is 7.66. The molecule has 0 saturated carbocycles. The third kappa shape index (κ3) is 1.22. The van der Waals surface area contributed by atoms with Crippen LogP contribution in [0.25, 0.3) is 11.2 Å². The monoisotopic (exact) mass is 177 g/mol. The molecule has 0 bridgehead atoms. The van der Waals surface area contributed by atoms with E-state index in [1.54, 1.807) is 6.92 Å². The fraction of sp³-hybridized carbons (Fsp3) is 0.143. The second-order valence-corrected chi connectivity index (χ2v) is 2.62. The molecule has 0 aliphatic heterocycles. The molecule has 0 aliphatic rings. The fourth-order valence-corrected chi connectivity index (χ4v) is 1.04. The van der Waals surface area contributed by atoms with Crippen LogP contribution in [0.2, 0.25) is 0 Å². The van der Waals surface area contributed by atoms with E-state index in [0.717, 1.165) is 0 Å². The number of nitrogens with zero attached hydrogens (tertiary/aromatic N) is 3. The molecule has 0 unspecified atom stereocenters. The number of hydrogen-bond acceptors (Lipinski definition) is 5. The van der Waals surface area contributed by atoms with Crippen molar-refractivity contribution in [3.05, 3.63) is 22.4 Å². The molecule has 2 heterocycles. The summed E-state index contributed by atoms with van der Waals surface area (Å²) in [7, 11) is 0. The van der Waals surface area contributed by atoms with Gasteiger partial charge in [0.15, 0.2) is 11.2 Å². The van der Waals surface area contributed by atoms with Crippen molar-refractivity contribution in [2.24, 2.45) is 0 Å². The number of aromatic nitrogens is 4. The zero-order valence-electron chi connectivity index (χ0n) is 6.90. The maximum Gasteiger partial charge on any atom is 0.279 e. The molecule has 66 valence electrons. The van der Waals surface area contributed by atoms with Gasteiger partial charge < -0.3 is 10.7 Å². The van der Waals surface area contributed by atoms with Gasteiger partial charge in [-0.1, -0.05) is 0 Å². The van der Waals surface area contributed by atoms with Crippen LogP contribution < -0.4 is 11.3 Å². The van der Waals surface area contributed by atoms with Gasteiger partial charge in [0.25, 0.3) is 5.56 Å². The average Bonchev–Trinajstić information content (AvgIpc) is 2.06. The molecule has 0 amide bonds. The maximum absolute atomic E-state index is 11.3. The van der Waals surface area contributed by atoms with E-state index in [2.05, 4.69) is 19.9 Å². The number of aromatic amines is 1. The van der Waals surface area contributed by atoms with Gasteiger partial charge in [-0.3, -0.25) is 4.79 Å². The molecule has 0 aliphatic carbocycles. The Balaban J connectivity index is 2.95. The van der Waals surface area contributed by atoms with Crippen molar-refractivity contribution in [2.75, 3.05) is 5.73 Å². The van der Waals surface area contributed by atoms with Crippen molar-refractivity contribution in [1.29, 1.82) is 0 Å². The van der Waals surface area contributed by atoms with Crippen molar-refractivity contribution >= 4 is 17.0 Å². The summed E-state index contributed by atoms with van der Waals surface area (Å²) in [5.74, 6) is 0.722. The van der Waals surface area contributed by atoms with E-state index in [9.17, 15) is 4.79 Å². The van der Waals surface area contributed by atoms with Crippen LogP contribution in [0.4, 0.5) is 5.82 Å². The summed E-state index contributed by atoms with van der Waals surface area (Å²) in [4.78, 5) is 25.5. The van der Waals surface area contributed by atoms with Gasteiger partial charge in [0.1, 0.15) is 11.6 Å². The first-order valence-corrected chi connectivity index (χ1v) is 3.66. The van der Waals surface area contributed by atoms with Crippen molar-refractivity contribution in [1.82, 2.24) is 19.9 Å². The SMILES string of the molecule is Cc1nc2ncc(N)nc2c(=O)[nH]1. The quantitative estimate of drug-likeness (QED) is 0.570. The van der Waals surface area contributed by atoms with Crippen molar-refractivity contribution in [2.45, 2.75) is 6.92 Å². The van der Waals surface area contributed by atoms with Crippen LogP contribution in [0.1, 0.15) is 5.82 Å². The Bertz CT molecular complexity index is 518. The van der Waals surface area contributed by atoms with E-state index in [1.807, 2.05) is 0 Å². The van der Waals surface area contributed by atoms with Gasteiger partial charge in [0.05, 0.1) is 6.20 Å². The summed E-state index contributed by atoms with van der Waals surface area (Å²) in [6.45, 7) is 1.68. The minimum Gasteiger partial charge on any atom is -0.382 e. The Labute approximate surface area is 72.9 Å². The molecule has 3 N–H and O–H groups in total. The topological polar surface area (TPSA) is 97.5 Å². The summed E-state index contributed by atoms with van der Waals surface area (Å²) in [5.41, 5.74) is 5.55. The van der Waals surface area contributed by atoms with Crippen LogP contribution in [-0.4, -0.2) is 19.9 Å². The molecule has 6 heteroatoms. The normalized spacial score (nSPS) is 10.5.